The number of fused-ring (bicyclic) bond motifs is 4. The molecule has 142 valence electrons. The SMILES string of the molecule is O=C1C2C(=NC(=S)N1CC1CCCC1)c1ccccc1CC21CCCCC1. The van der Waals surface area contributed by atoms with Gasteiger partial charge in [-0.2, -0.15) is 0 Å². The zero-order valence-electron chi connectivity index (χ0n) is 16.0. The fourth-order valence-corrected chi connectivity index (χ4v) is 6.37. The molecule has 1 aromatic rings. The first kappa shape index (κ1) is 17.5. The van der Waals surface area contributed by atoms with Gasteiger partial charge in [-0.15, -0.1) is 0 Å². The van der Waals surface area contributed by atoms with Crippen LogP contribution in [-0.2, 0) is 11.2 Å². The molecule has 3 nitrogen and oxygen atoms in total. The highest BCUT2D eigenvalue weighted by atomic mass is 32.1. The largest absolute Gasteiger partial charge is 0.287 e. The third-order valence-corrected chi connectivity index (χ3v) is 7.76. The zero-order valence-corrected chi connectivity index (χ0v) is 16.8. The Balaban J connectivity index is 1.58. The summed E-state index contributed by atoms with van der Waals surface area (Å²) < 4.78 is 0. The van der Waals surface area contributed by atoms with Gasteiger partial charge in [-0.25, -0.2) is 4.99 Å². The van der Waals surface area contributed by atoms with Crippen molar-refractivity contribution >= 4 is 28.9 Å². The molecule has 5 rings (SSSR count). The monoisotopic (exact) mass is 380 g/mol. The van der Waals surface area contributed by atoms with Crippen LogP contribution in [0.3, 0.4) is 0 Å². The van der Waals surface area contributed by atoms with Gasteiger partial charge in [0.1, 0.15) is 0 Å². The molecule has 3 aliphatic carbocycles. The molecule has 1 heterocycles. The van der Waals surface area contributed by atoms with E-state index in [1.165, 1.54) is 50.5 Å². The molecule has 1 atom stereocenters. The van der Waals surface area contributed by atoms with Crippen molar-refractivity contribution in [3.8, 4) is 0 Å². The number of aliphatic imine (C=N–C) groups is 1. The van der Waals surface area contributed by atoms with Crippen molar-refractivity contribution < 1.29 is 4.79 Å². The maximum Gasteiger partial charge on any atom is 0.238 e. The Morgan fingerprint density at radius 3 is 2.59 bits per heavy atom. The summed E-state index contributed by atoms with van der Waals surface area (Å²) in [6.45, 7) is 0.780. The van der Waals surface area contributed by atoms with Gasteiger partial charge in [0.05, 0.1) is 11.6 Å². The lowest BCUT2D eigenvalue weighted by atomic mass is 9.57. The van der Waals surface area contributed by atoms with Gasteiger partial charge >= 0.3 is 0 Å². The van der Waals surface area contributed by atoms with E-state index in [1.807, 2.05) is 4.90 Å². The summed E-state index contributed by atoms with van der Waals surface area (Å²) >= 11 is 5.64. The van der Waals surface area contributed by atoms with Crippen molar-refractivity contribution in [2.75, 3.05) is 6.54 Å². The smallest absolute Gasteiger partial charge is 0.238 e. The van der Waals surface area contributed by atoms with Crippen molar-refractivity contribution in [2.45, 2.75) is 64.2 Å². The number of thiocarbonyl (C=S) groups is 1. The van der Waals surface area contributed by atoms with Crippen molar-refractivity contribution in [1.82, 2.24) is 4.90 Å². The molecule has 0 aromatic heterocycles. The van der Waals surface area contributed by atoms with Gasteiger partial charge in [-0.1, -0.05) is 56.4 Å². The maximum absolute atomic E-state index is 13.8. The highest BCUT2D eigenvalue weighted by Gasteiger charge is 2.53. The Bertz CT molecular complexity index is 802. The number of hydrogen-bond acceptors (Lipinski definition) is 2. The third kappa shape index (κ3) is 2.88. The molecule has 0 radical (unpaired) electrons. The molecule has 2 fully saturated rings. The Morgan fingerprint density at radius 2 is 1.81 bits per heavy atom. The van der Waals surface area contributed by atoms with Gasteiger partial charge < -0.3 is 0 Å². The summed E-state index contributed by atoms with van der Waals surface area (Å²) in [6, 6.07) is 8.55. The predicted octanol–water partition coefficient (Wildman–Crippen LogP) is 4.92. The van der Waals surface area contributed by atoms with Crippen LogP contribution >= 0.6 is 12.2 Å². The van der Waals surface area contributed by atoms with E-state index in [0.29, 0.717) is 11.0 Å². The first-order valence-electron chi connectivity index (χ1n) is 10.7. The predicted molar refractivity (Wildman–Crippen MR) is 112 cm³/mol. The van der Waals surface area contributed by atoms with Gasteiger partial charge in [-0.3, -0.25) is 9.69 Å². The zero-order chi connectivity index (χ0) is 18.4. The summed E-state index contributed by atoms with van der Waals surface area (Å²) in [4.78, 5) is 20.6. The summed E-state index contributed by atoms with van der Waals surface area (Å²) in [5, 5.41) is 0.501. The molecule has 4 aliphatic rings. The lowest BCUT2D eigenvalue weighted by Crippen LogP contribution is -2.57. The van der Waals surface area contributed by atoms with Crippen molar-refractivity contribution in [2.24, 2.45) is 22.2 Å². The Kier molecular flexibility index (Phi) is 4.42. The van der Waals surface area contributed by atoms with Crippen LogP contribution < -0.4 is 0 Å². The van der Waals surface area contributed by atoms with Gasteiger partial charge in [0.15, 0.2) is 0 Å². The van der Waals surface area contributed by atoms with E-state index in [1.54, 1.807) is 0 Å². The van der Waals surface area contributed by atoms with E-state index < -0.39 is 0 Å². The molecule has 0 saturated heterocycles. The second kappa shape index (κ2) is 6.80. The Morgan fingerprint density at radius 1 is 1.07 bits per heavy atom. The van der Waals surface area contributed by atoms with Crippen LogP contribution in [0.1, 0.15) is 68.9 Å². The number of hydrogen-bond donors (Lipinski definition) is 0. The number of carbonyl (C=O) groups excluding carboxylic acids is 1. The minimum absolute atomic E-state index is 0.0481. The van der Waals surface area contributed by atoms with Crippen LogP contribution in [-0.4, -0.2) is 28.2 Å². The molecule has 1 amide bonds. The second-order valence-electron chi connectivity index (χ2n) is 9.07. The summed E-state index contributed by atoms with van der Waals surface area (Å²) in [7, 11) is 0. The molecular formula is C23H28N2OS. The van der Waals surface area contributed by atoms with E-state index in [9.17, 15) is 4.79 Å². The topological polar surface area (TPSA) is 32.7 Å². The molecule has 1 aliphatic heterocycles. The van der Waals surface area contributed by atoms with Crippen LogP contribution in [0.15, 0.2) is 29.3 Å². The summed E-state index contributed by atoms with van der Waals surface area (Å²) in [5.41, 5.74) is 3.53. The van der Waals surface area contributed by atoms with Gasteiger partial charge in [0.2, 0.25) is 11.0 Å². The van der Waals surface area contributed by atoms with E-state index in [4.69, 9.17) is 17.2 Å². The van der Waals surface area contributed by atoms with E-state index in [2.05, 4.69) is 24.3 Å². The lowest BCUT2D eigenvalue weighted by Gasteiger charge is -2.50. The van der Waals surface area contributed by atoms with Crippen LogP contribution in [0.4, 0.5) is 0 Å². The normalized spacial score (nSPS) is 27.5. The summed E-state index contributed by atoms with van der Waals surface area (Å²) in [6.07, 6.45) is 12.1. The minimum atomic E-state index is -0.0965. The highest BCUT2D eigenvalue weighted by molar-refractivity contribution is 7.80. The molecule has 1 spiro atoms. The van der Waals surface area contributed by atoms with Crippen molar-refractivity contribution in [1.29, 1.82) is 0 Å². The molecule has 2 saturated carbocycles. The molecule has 4 heteroatoms. The van der Waals surface area contributed by atoms with Crippen molar-refractivity contribution in [3.63, 3.8) is 0 Å². The quantitative estimate of drug-likeness (QED) is 0.683. The Hall–Kier alpha value is -1.55. The lowest BCUT2D eigenvalue weighted by molar-refractivity contribution is -0.134. The molecule has 0 bridgehead atoms. The molecule has 0 N–H and O–H groups in total. The van der Waals surface area contributed by atoms with Gasteiger partial charge in [-0.05, 0) is 61.2 Å². The van der Waals surface area contributed by atoms with Crippen LogP contribution in [0, 0.1) is 17.3 Å². The van der Waals surface area contributed by atoms with E-state index in [0.717, 1.165) is 37.1 Å². The molecule has 27 heavy (non-hydrogen) atoms. The summed E-state index contributed by atoms with van der Waals surface area (Å²) in [5.74, 6) is 0.746. The average molecular weight is 381 g/mol. The molecular weight excluding hydrogens is 352 g/mol. The maximum atomic E-state index is 13.8. The highest BCUT2D eigenvalue weighted by Crippen LogP contribution is 2.51. The van der Waals surface area contributed by atoms with Crippen LogP contribution in [0.25, 0.3) is 0 Å². The van der Waals surface area contributed by atoms with E-state index in [-0.39, 0.29) is 17.2 Å². The Labute approximate surface area is 167 Å². The fraction of sp³-hybridized carbons (Fsp3) is 0.609. The van der Waals surface area contributed by atoms with Crippen LogP contribution in [0.5, 0.6) is 0 Å². The first-order valence-corrected chi connectivity index (χ1v) is 11.1. The number of rotatable bonds is 2. The number of carbonyl (C=O) groups is 1. The first-order chi connectivity index (χ1) is 13.2. The minimum Gasteiger partial charge on any atom is -0.287 e. The fourth-order valence-electron chi connectivity index (χ4n) is 6.11. The standard InChI is InChI=1S/C23H28N2OS/c26-21-19-20(24-22(27)25(21)15-16-8-2-3-9-16)18-11-5-4-10-17(18)14-23(19)12-6-1-7-13-23/h4-5,10-11,16,19H,1-3,6-9,12-15H2. The van der Waals surface area contributed by atoms with Gasteiger partial charge in [0.25, 0.3) is 0 Å². The van der Waals surface area contributed by atoms with Crippen molar-refractivity contribution in [3.05, 3.63) is 35.4 Å². The second-order valence-corrected chi connectivity index (χ2v) is 9.43. The average Bonchev–Trinajstić information content (AvgIpc) is 3.19. The van der Waals surface area contributed by atoms with Gasteiger partial charge in [0, 0.05) is 12.1 Å². The van der Waals surface area contributed by atoms with E-state index >= 15 is 0 Å². The third-order valence-electron chi connectivity index (χ3n) is 7.45. The number of nitrogens with zero attached hydrogens (tertiary/aromatic N) is 2. The number of benzene rings is 1. The van der Waals surface area contributed by atoms with Crippen LogP contribution in [0.2, 0.25) is 0 Å². The molecule has 1 aromatic carbocycles. The molecule has 1 unspecified atom stereocenters. The number of amides is 1.